The van der Waals surface area contributed by atoms with Crippen molar-refractivity contribution < 1.29 is 4.79 Å². The zero-order chi connectivity index (χ0) is 13.0. The summed E-state index contributed by atoms with van der Waals surface area (Å²) < 4.78 is 0. The molecule has 0 radical (unpaired) electrons. The van der Waals surface area contributed by atoms with Crippen LogP contribution in [0.3, 0.4) is 0 Å². The number of aromatic nitrogens is 1. The highest BCUT2D eigenvalue weighted by atomic mass is 35.5. The molecule has 0 spiro atoms. The van der Waals surface area contributed by atoms with Crippen molar-refractivity contribution in [3.8, 4) is 0 Å². The minimum Gasteiger partial charge on any atom is -0.317 e. The number of hydrogen-bond acceptors (Lipinski definition) is 4. The second-order valence-corrected chi connectivity index (χ2v) is 6.14. The zero-order valence-electron chi connectivity index (χ0n) is 11.5. The largest absolute Gasteiger partial charge is 0.317 e. The van der Waals surface area contributed by atoms with Crippen molar-refractivity contribution in [2.24, 2.45) is 5.92 Å². The van der Waals surface area contributed by atoms with E-state index in [0.29, 0.717) is 12.3 Å². The van der Waals surface area contributed by atoms with Gasteiger partial charge in [-0.15, -0.1) is 23.7 Å². The van der Waals surface area contributed by atoms with Gasteiger partial charge in [0.15, 0.2) is 5.13 Å². The molecule has 0 aliphatic carbocycles. The number of halogens is 1. The Labute approximate surface area is 124 Å². The fraction of sp³-hybridized carbons (Fsp3) is 0.692. The third kappa shape index (κ3) is 5.09. The van der Waals surface area contributed by atoms with Crippen LogP contribution in [0.4, 0.5) is 5.13 Å². The van der Waals surface area contributed by atoms with Crippen molar-refractivity contribution in [2.45, 2.75) is 39.5 Å². The van der Waals surface area contributed by atoms with Gasteiger partial charge in [0.05, 0.1) is 5.69 Å². The number of nitrogens with zero attached hydrogens (tertiary/aromatic N) is 1. The predicted octanol–water partition coefficient (Wildman–Crippen LogP) is 2.90. The van der Waals surface area contributed by atoms with Crippen LogP contribution >= 0.6 is 23.7 Å². The van der Waals surface area contributed by atoms with Gasteiger partial charge in [0.25, 0.3) is 0 Å². The summed E-state index contributed by atoms with van der Waals surface area (Å²) in [5.74, 6) is 0.805. The third-order valence-corrected chi connectivity index (χ3v) is 4.50. The molecule has 6 heteroatoms. The number of rotatable bonds is 4. The molecule has 0 aromatic carbocycles. The van der Waals surface area contributed by atoms with E-state index in [1.165, 1.54) is 17.7 Å². The quantitative estimate of drug-likeness (QED) is 0.899. The summed E-state index contributed by atoms with van der Waals surface area (Å²) in [5.41, 5.74) is 1.01. The van der Waals surface area contributed by atoms with Gasteiger partial charge < -0.3 is 10.6 Å². The molecule has 1 aromatic rings. The first-order valence-corrected chi connectivity index (χ1v) is 7.41. The van der Waals surface area contributed by atoms with Crippen LogP contribution in [-0.2, 0) is 4.79 Å². The molecule has 4 nitrogen and oxygen atoms in total. The standard InChI is InChI=1S/C13H21N3OS.ClH/c1-9-10(2)18-13(15-9)16-12(17)4-3-11-5-7-14-8-6-11;/h11,14H,3-8H2,1-2H3,(H,15,16,17);1H. The number of hydrogen-bond donors (Lipinski definition) is 2. The molecule has 1 aliphatic rings. The van der Waals surface area contributed by atoms with Crippen LogP contribution in [0.15, 0.2) is 0 Å². The van der Waals surface area contributed by atoms with Gasteiger partial charge in [0, 0.05) is 11.3 Å². The Morgan fingerprint density at radius 1 is 1.42 bits per heavy atom. The maximum absolute atomic E-state index is 11.8. The van der Waals surface area contributed by atoms with Crippen molar-refractivity contribution in [2.75, 3.05) is 18.4 Å². The number of anilines is 1. The number of amides is 1. The maximum atomic E-state index is 11.8. The fourth-order valence-electron chi connectivity index (χ4n) is 2.21. The Kier molecular flexibility index (Phi) is 6.75. The summed E-state index contributed by atoms with van der Waals surface area (Å²) in [5, 5.41) is 6.97. The molecule has 2 N–H and O–H groups in total. The number of carbonyl (C=O) groups is 1. The molecule has 1 fully saturated rings. The topological polar surface area (TPSA) is 54.0 Å². The smallest absolute Gasteiger partial charge is 0.226 e. The lowest BCUT2D eigenvalue weighted by Crippen LogP contribution is -2.28. The van der Waals surface area contributed by atoms with Crippen molar-refractivity contribution >= 4 is 34.8 Å². The van der Waals surface area contributed by atoms with Crippen LogP contribution in [0.25, 0.3) is 0 Å². The van der Waals surface area contributed by atoms with E-state index in [4.69, 9.17) is 0 Å². The van der Waals surface area contributed by atoms with Gasteiger partial charge in [-0.3, -0.25) is 4.79 Å². The molecule has 2 heterocycles. The summed E-state index contributed by atoms with van der Waals surface area (Å²) in [6.45, 7) is 6.18. The summed E-state index contributed by atoms with van der Waals surface area (Å²) in [6.07, 6.45) is 4.00. The van der Waals surface area contributed by atoms with Crippen molar-refractivity contribution in [3.63, 3.8) is 0 Å². The highest BCUT2D eigenvalue weighted by Gasteiger charge is 2.15. The number of nitrogens with one attached hydrogen (secondary N) is 2. The van der Waals surface area contributed by atoms with Crippen LogP contribution in [0.1, 0.15) is 36.3 Å². The third-order valence-electron chi connectivity index (χ3n) is 3.51. The normalized spacial score (nSPS) is 15.9. The van der Waals surface area contributed by atoms with Gasteiger partial charge in [0.2, 0.25) is 5.91 Å². The van der Waals surface area contributed by atoms with Crippen molar-refractivity contribution in [1.29, 1.82) is 0 Å². The molecule has 0 bridgehead atoms. The van der Waals surface area contributed by atoms with Gasteiger partial charge in [-0.05, 0) is 52.1 Å². The van der Waals surface area contributed by atoms with Gasteiger partial charge in [-0.1, -0.05) is 0 Å². The Morgan fingerprint density at radius 3 is 2.68 bits per heavy atom. The Bertz CT molecular complexity index is 397. The zero-order valence-corrected chi connectivity index (χ0v) is 13.1. The molecular formula is C13H22ClN3OS. The second-order valence-electron chi connectivity index (χ2n) is 4.94. The first kappa shape index (κ1) is 16.4. The fourth-order valence-corrected chi connectivity index (χ4v) is 3.04. The van der Waals surface area contributed by atoms with E-state index in [1.54, 1.807) is 11.3 Å². The molecule has 0 unspecified atom stereocenters. The molecular weight excluding hydrogens is 282 g/mol. The van der Waals surface area contributed by atoms with Crippen LogP contribution in [-0.4, -0.2) is 24.0 Å². The molecule has 1 saturated heterocycles. The molecule has 19 heavy (non-hydrogen) atoms. The van der Waals surface area contributed by atoms with E-state index < -0.39 is 0 Å². The van der Waals surface area contributed by atoms with Crippen LogP contribution in [0.5, 0.6) is 0 Å². The summed E-state index contributed by atoms with van der Waals surface area (Å²) in [7, 11) is 0. The van der Waals surface area contributed by atoms with Gasteiger partial charge in [-0.2, -0.15) is 0 Å². The summed E-state index contributed by atoms with van der Waals surface area (Å²) in [4.78, 5) is 17.3. The van der Waals surface area contributed by atoms with E-state index in [9.17, 15) is 4.79 Å². The van der Waals surface area contributed by atoms with Gasteiger partial charge in [-0.25, -0.2) is 4.98 Å². The lowest BCUT2D eigenvalue weighted by atomic mass is 9.93. The predicted molar refractivity (Wildman–Crippen MR) is 82.3 cm³/mol. The molecule has 0 saturated carbocycles. The molecule has 108 valence electrons. The Balaban J connectivity index is 0.00000180. The maximum Gasteiger partial charge on any atom is 0.226 e. The molecule has 1 aliphatic heterocycles. The highest BCUT2D eigenvalue weighted by Crippen LogP contribution is 2.22. The number of carbonyl (C=O) groups excluding carboxylic acids is 1. The average molecular weight is 304 g/mol. The van der Waals surface area contributed by atoms with E-state index in [0.717, 1.165) is 30.3 Å². The Morgan fingerprint density at radius 2 is 2.11 bits per heavy atom. The highest BCUT2D eigenvalue weighted by molar-refractivity contribution is 7.15. The minimum absolute atomic E-state index is 0. The first-order chi connectivity index (χ1) is 8.65. The monoisotopic (exact) mass is 303 g/mol. The van der Waals surface area contributed by atoms with Crippen molar-refractivity contribution in [3.05, 3.63) is 10.6 Å². The van der Waals surface area contributed by atoms with Crippen LogP contribution < -0.4 is 10.6 Å². The molecule has 1 amide bonds. The number of thiazole rings is 1. The lowest BCUT2D eigenvalue weighted by molar-refractivity contribution is -0.116. The van der Waals surface area contributed by atoms with Crippen LogP contribution in [0.2, 0.25) is 0 Å². The van der Waals surface area contributed by atoms with Crippen LogP contribution in [0, 0.1) is 19.8 Å². The molecule has 0 atom stereocenters. The van der Waals surface area contributed by atoms with E-state index >= 15 is 0 Å². The van der Waals surface area contributed by atoms with Gasteiger partial charge in [0.1, 0.15) is 0 Å². The van der Waals surface area contributed by atoms with Gasteiger partial charge >= 0.3 is 0 Å². The summed E-state index contributed by atoms with van der Waals surface area (Å²) >= 11 is 1.55. The van der Waals surface area contributed by atoms with E-state index in [1.807, 2.05) is 13.8 Å². The Hall–Kier alpha value is -0.650. The minimum atomic E-state index is 0. The van der Waals surface area contributed by atoms with Crippen molar-refractivity contribution in [1.82, 2.24) is 10.3 Å². The molecule has 2 rings (SSSR count). The molecule has 1 aromatic heterocycles. The summed E-state index contributed by atoms with van der Waals surface area (Å²) in [6, 6.07) is 0. The lowest BCUT2D eigenvalue weighted by Gasteiger charge is -2.21. The number of piperidine rings is 1. The SMILES string of the molecule is Cc1nc(NC(=O)CCC2CCNCC2)sc1C.Cl. The average Bonchev–Trinajstić information content (AvgIpc) is 2.67. The van der Waals surface area contributed by atoms with E-state index in [2.05, 4.69) is 15.6 Å². The first-order valence-electron chi connectivity index (χ1n) is 6.59. The number of aryl methyl sites for hydroxylation is 2. The second kappa shape index (κ2) is 7.82. The van der Waals surface area contributed by atoms with E-state index in [-0.39, 0.29) is 18.3 Å².